The van der Waals surface area contributed by atoms with E-state index < -0.39 is 30.8 Å². The molecule has 2 heterocycles. The van der Waals surface area contributed by atoms with Crippen molar-refractivity contribution >= 4 is 23.5 Å². The van der Waals surface area contributed by atoms with Gasteiger partial charge in [-0.05, 0) is 71.1 Å². The number of nitrogens with zero attached hydrogens (tertiary/aromatic N) is 1. The number of alkyl halides is 2. The Morgan fingerprint density at radius 1 is 0.897 bits per heavy atom. The first-order valence-electron chi connectivity index (χ1n) is 12.0. The maximum absolute atomic E-state index is 12.4. The van der Waals surface area contributed by atoms with E-state index in [0.29, 0.717) is 0 Å². The van der Waals surface area contributed by atoms with Gasteiger partial charge in [0.25, 0.3) is 0 Å². The monoisotopic (exact) mass is 561 g/mol. The van der Waals surface area contributed by atoms with Crippen molar-refractivity contribution in [1.82, 2.24) is 4.90 Å². The summed E-state index contributed by atoms with van der Waals surface area (Å²) >= 11 is 6.12. The number of carboxylic acids is 2. The third-order valence-electron chi connectivity index (χ3n) is 6.98. The second kappa shape index (κ2) is 11.7. The van der Waals surface area contributed by atoms with Crippen LogP contribution < -0.4 is 4.74 Å². The van der Waals surface area contributed by atoms with Crippen LogP contribution in [0.3, 0.4) is 0 Å². The van der Waals surface area contributed by atoms with Crippen LogP contribution in [0.4, 0.5) is 8.78 Å². The summed E-state index contributed by atoms with van der Waals surface area (Å²) in [7, 11) is 0. The number of hydrogen-bond acceptors (Lipinski definition) is 6. The van der Waals surface area contributed by atoms with Crippen molar-refractivity contribution in [3.05, 3.63) is 88.4 Å². The molecule has 1 fully saturated rings. The Bertz CT molecular complexity index is 1320. The van der Waals surface area contributed by atoms with Crippen LogP contribution in [-0.4, -0.2) is 69.2 Å². The largest absolute Gasteiger partial charge is 0.479 e. The molecule has 39 heavy (non-hydrogen) atoms. The van der Waals surface area contributed by atoms with Crippen LogP contribution in [0.1, 0.15) is 23.1 Å². The molecule has 8 nitrogen and oxygen atoms in total. The Morgan fingerprint density at radius 3 is 2.05 bits per heavy atom. The number of rotatable bonds is 7. The number of aliphatic hydroxyl groups is 2. The normalized spacial score (nSPS) is 20.8. The van der Waals surface area contributed by atoms with Gasteiger partial charge in [0, 0.05) is 23.5 Å². The van der Waals surface area contributed by atoms with E-state index in [1.807, 2.05) is 24.3 Å². The predicted molar refractivity (Wildman–Crippen MR) is 138 cm³/mol. The molecule has 3 aromatic carbocycles. The van der Waals surface area contributed by atoms with Crippen LogP contribution in [0.5, 0.6) is 5.75 Å². The molecule has 0 radical (unpaired) electrons. The summed E-state index contributed by atoms with van der Waals surface area (Å²) in [5, 5.41) is 33.3. The van der Waals surface area contributed by atoms with E-state index in [9.17, 15) is 18.4 Å². The van der Waals surface area contributed by atoms with Crippen LogP contribution >= 0.6 is 11.6 Å². The highest BCUT2D eigenvalue weighted by Crippen LogP contribution is 2.47. The molecule has 4 unspecified atom stereocenters. The van der Waals surface area contributed by atoms with Crippen molar-refractivity contribution in [2.45, 2.75) is 37.2 Å². The summed E-state index contributed by atoms with van der Waals surface area (Å²) < 4.78 is 29.2. The summed E-state index contributed by atoms with van der Waals surface area (Å²) in [5.74, 6) is -3.36. The van der Waals surface area contributed by atoms with Gasteiger partial charge in [0.15, 0.2) is 12.2 Å². The van der Waals surface area contributed by atoms with E-state index in [1.165, 1.54) is 16.7 Å². The number of ether oxygens (including phenoxy) is 1. The van der Waals surface area contributed by atoms with E-state index in [-0.39, 0.29) is 11.2 Å². The molecule has 206 valence electrons. The zero-order valence-corrected chi connectivity index (χ0v) is 21.3. The van der Waals surface area contributed by atoms with Gasteiger partial charge in [-0.2, -0.15) is 8.78 Å². The number of aliphatic hydroxyl groups excluding tert-OH is 2. The van der Waals surface area contributed by atoms with E-state index in [4.69, 9.17) is 32.0 Å². The Morgan fingerprint density at radius 2 is 1.49 bits per heavy atom. The molecular weight excluding hydrogens is 536 g/mol. The lowest BCUT2D eigenvalue weighted by Crippen LogP contribution is -2.39. The van der Waals surface area contributed by atoms with E-state index in [2.05, 4.69) is 40.0 Å². The molecule has 2 bridgehead atoms. The molecule has 0 spiro atoms. The molecule has 2 aliphatic heterocycles. The Hall–Kier alpha value is -3.57. The Kier molecular flexibility index (Phi) is 8.51. The van der Waals surface area contributed by atoms with Crippen LogP contribution in [0, 0.1) is 0 Å². The highest BCUT2D eigenvalue weighted by atomic mass is 35.5. The third-order valence-corrected chi connectivity index (χ3v) is 7.23. The molecule has 4 N–H and O–H groups in total. The number of carbonyl (C=O) groups is 2. The number of aliphatic carboxylic acids is 2. The van der Waals surface area contributed by atoms with Gasteiger partial charge in [0.05, 0.1) is 0 Å². The minimum atomic E-state index is -2.81. The lowest BCUT2D eigenvalue weighted by molar-refractivity contribution is -0.165. The maximum atomic E-state index is 12.4. The third kappa shape index (κ3) is 6.20. The molecular formula is C28H26ClF2NO7. The Balaban J connectivity index is 0.000000303. The van der Waals surface area contributed by atoms with Gasteiger partial charge in [-0.1, -0.05) is 48.0 Å². The van der Waals surface area contributed by atoms with Crippen molar-refractivity contribution in [2.75, 3.05) is 13.1 Å². The molecule has 3 aromatic rings. The van der Waals surface area contributed by atoms with Crippen molar-refractivity contribution in [2.24, 2.45) is 0 Å². The number of hydrogen-bond donors (Lipinski definition) is 4. The maximum Gasteiger partial charge on any atom is 0.387 e. The van der Waals surface area contributed by atoms with Crippen LogP contribution in [0.25, 0.3) is 11.1 Å². The molecule has 5 rings (SSSR count). The smallest absolute Gasteiger partial charge is 0.387 e. The first-order valence-corrected chi connectivity index (χ1v) is 12.4. The van der Waals surface area contributed by atoms with Gasteiger partial charge < -0.3 is 25.2 Å². The molecule has 1 saturated heterocycles. The molecule has 11 heteroatoms. The summed E-state index contributed by atoms with van der Waals surface area (Å²) in [4.78, 5) is 22.0. The number of fused-ring (bicyclic) bond motifs is 4. The molecule has 4 atom stereocenters. The minimum Gasteiger partial charge on any atom is -0.479 e. The molecule has 0 amide bonds. The second-order valence-electron chi connectivity index (χ2n) is 9.39. The van der Waals surface area contributed by atoms with Gasteiger partial charge in [-0.25, -0.2) is 9.59 Å². The molecule has 2 aliphatic rings. The summed E-state index contributed by atoms with van der Waals surface area (Å²) in [6, 6.07) is 21.7. The lowest BCUT2D eigenvalue weighted by atomic mass is 9.70. The van der Waals surface area contributed by atoms with Crippen LogP contribution in [0.2, 0.25) is 5.02 Å². The highest BCUT2D eigenvalue weighted by molar-refractivity contribution is 6.30. The van der Waals surface area contributed by atoms with Crippen molar-refractivity contribution in [1.29, 1.82) is 0 Å². The average Bonchev–Trinajstić information content (AvgIpc) is 3.26. The summed E-state index contributed by atoms with van der Waals surface area (Å²) in [6.07, 6.45) is -3.43. The van der Waals surface area contributed by atoms with Crippen molar-refractivity contribution < 1.29 is 43.5 Å². The van der Waals surface area contributed by atoms with Gasteiger partial charge in [-0.3, -0.25) is 4.90 Å². The minimum absolute atomic E-state index is 0.00562. The van der Waals surface area contributed by atoms with E-state index >= 15 is 0 Å². The fourth-order valence-electron chi connectivity index (χ4n) is 5.11. The summed E-state index contributed by atoms with van der Waals surface area (Å²) in [6.45, 7) is 0.232. The van der Waals surface area contributed by atoms with Crippen molar-refractivity contribution in [3.63, 3.8) is 0 Å². The second-order valence-corrected chi connectivity index (χ2v) is 9.83. The number of halogens is 3. The zero-order chi connectivity index (χ0) is 28.3. The van der Waals surface area contributed by atoms with Crippen molar-refractivity contribution in [3.8, 4) is 16.9 Å². The predicted octanol–water partition coefficient (Wildman–Crippen LogP) is 3.99. The first-order chi connectivity index (χ1) is 18.5. The summed E-state index contributed by atoms with van der Waals surface area (Å²) in [5.41, 5.74) is 6.10. The van der Waals surface area contributed by atoms with Crippen LogP contribution in [0.15, 0.2) is 66.7 Å². The molecule has 0 aliphatic carbocycles. The first kappa shape index (κ1) is 28.4. The fourth-order valence-corrected chi connectivity index (χ4v) is 5.24. The van der Waals surface area contributed by atoms with Gasteiger partial charge in [0.2, 0.25) is 0 Å². The number of carboxylic acid groups (broad SMARTS) is 2. The SMILES string of the molecule is FC(F)Oc1ccc(-c2ccc3c(c2)CN2CCC3(c3ccc(Cl)cc3)C2)cc1.O=C(O)C(O)C(O)C(=O)O. The zero-order valence-electron chi connectivity index (χ0n) is 20.5. The van der Waals surface area contributed by atoms with Gasteiger partial charge >= 0.3 is 18.6 Å². The Labute approximate surface area is 227 Å². The topological polar surface area (TPSA) is 128 Å². The highest BCUT2D eigenvalue weighted by Gasteiger charge is 2.45. The van der Waals surface area contributed by atoms with E-state index in [1.54, 1.807) is 12.1 Å². The standard InChI is InChI=1S/C24H20ClF2NO.C4H6O6/c25-20-6-4-19(5-7-20)24-11-12-28(15-24)14-18-13-17(3-10-22(18)24)16-1-8-21(9-2-16)29-23(26)27;5-1(3(7)8)2(6)4(9)10/h1-10,13,23H,11-12,14-15H2;1-2,5-6H,(H,7,8)(H,9,10). The average molecular weight is 562 g/mol. The van der Waals surface area contributed by atoms with Gasteiger partial charge in [-0.15, -0.1) is 0 Å². The van der Waals surface area contributed by atoms with Gasteiger partial charge in [0.1, 0.15) is 5.75 Å². The lowest BCUT2D eigenvalue weighted by Gasteiger charge is -2.37. The quantitative estimate of drug-likeness (QED) is 0.341. The molecule has 0 saturated carbocycles. The van der Waals surface area contributed by atoms with Crippen LogP contribution in [-0.2, 0) is 21.5 Å². The molecule has 0 aromatic heterocycles. The number of benzene rings is 3. The van der Waals surface area contributed by atoms with E-state index in [0.717, 1.165) is 42.2 Å². The fraction of sp³-hybridized carbons (Fsp3) is 0.286.